The molecule has 0 fully saturated rings. The van der Waals surface area contributed by atoms with Gasteiger partial charge >= 0.3 is 0 Å². The van der Waals surface area contributed by atoms with E-state index in [2.05, 4.69) is 0 Å². The van der Waals surface area contributed by atoms with E-state index in [0.29, 0.717) is 12.8 Å². The summed E-state index contributed by atoms with van der Waals surface area (Å²) >= 11 is 0. The van der Waals surface area contributed by atoms with Crippen LogP contribution in [0.25, 0.3) is 0 Å². The van der Waals surface area contributed by atoms with Crippen LogP contribution in [-0.4, -0.2) is 29.2 Å². The number of rotatable bonds is 5. The van der Waals surface area contributed by atoms with Crippen LogP contribution in [0.15, 0.2) is 0 Å². The zero-order valence-electron chi connectivity index (χ0n) is 5.34. The van der Waals surface area contributed by atoms with E-state index in [1.165, 1.54) is 0 Å². The SMILES string of the molecule is O=C(CCO)CCCO. The normalized spacial score (nSPS) is 9.56. The average Bonchev–Trinajstić information content (AvgIpc) is 1.85. The first-order chi connectivity index (χ1) is 4.31. The van der Waals surface area contributed by atoms with Gasteiger partial charge in [0, 0.05) is 26.1 Å². The first kappa shape index (κ1) is 8.59. The number of carbonyl (C=O) groups is 1. The molecule has 0 aromatic heterocycles. The maximum Gasteiger partial charge on any atom is 0.135 e. The molecule has 0 aliphatic carbocycles. The Kier molecular flexibility index (Phi) is 5.46. The molecule has 0 radical (unpaired) electrons. The summed E-state index contributed by atoms with van der Waals surface area (Å²) in [6, 6.07) is 0. The molecule has 0 atom stereocenters. The highest BCUT2D eigenvalue weighted by Gasteiger charge is 1.97. The number of hydrogen-bond donors (Lipinski definition) is 2. The molecule has 0 saturated heterocycles. The largest absolute Gasteiger partial charge is 0.396 e. The lowest BCUT2D eigenvalue weighted by atomic mass is 10.2. The van der Waals surface area contributed by atoms with E-state index in [-0.39, 0.29) is 25.4 Å². The summed E-state index contributed by atoms with van der Waals surface area (Å²) in [7, 11) is 0. The Labute approximate surface area is 54.3 Å². The van der Waals surface area contributed by atoms with Gasteiger partial charge in [-0.25, -0.2) is 0 Å². The standard InChI is InChI=1S/C6H12O3/c7-4-1-2-6(9)3-5-8/h7-8H,1-5H2. The molecular formula is C6H12O3. The van der Waals surface area contributed by atoms with Crippen LogP contribution in [-0.2, 0) is 4.79 Å². The molecule has 2 N–H and O–H groups in total. The van der Waals surface area contributed by atoms with Gasteiger partial charge < -0.3 is 10.2 Å². The van der Waals surface area contributed by atoms with Gasteiger partial charge in [0.2, 0.25) is 0 Å². The van der Waals surface area contributed by atoms with E-state index in [9.17, 15) is 4.79 Å². The van der Waals surface area contributed by atoms with Crippen molar-refractivity contribution < 1.29 is 15.0 Å². The fourth-order valence-electron chi connectivity index (χ4n) is 0.526. The summed E-state index contributed by atoms with van der Waals surface area (Å²) < 4.78 is 0. The summed E-state index contributed by atoms with van der Waals surface area (Å²) in [6.45, 7) is -0.0264. The Morgan fingerprint density at radius 1 is 1.11 bits per heavy atom. The monoisotopic (exact) mass is 132 g/mol. The summed E-state index contributed by atoms with van der Waals surface area (Å²) in [6.07, 6.45) is 1.12. The molecule has 0 spiro atoms. The van der Waals surface area contributed by atoms with Crippen LogP contribution in [0.5, 0.6) is 0 Å². The van der Waals surface area contributed by atoms with Crippen LogP contribution < -0.4 is 0 Å². The van der Waals surface area contributed by atoms with Gasteiger partial charge in [0.25, 0.3) is 0 Å². The van der Waals surface area contributed by atoms with E-state index in [1.54, 1.807) is 0 Å². The van der Waals surface area contributed by atoms with E-state index in [4.69, 9.17) is 10.2 Å². The van der Waals surface area contributed by atoms with Crippen LogP contribution in [0, 0.1) is 0 Å². The van der Waals surface area contributed by atoms with E-state index in [0.717, 1.165) is 0 Å². The first-order valence-electron chi connectivity index (χ1n) is 3.04. The summed E-state index contributed by atoms with van der Waals surface area (Å²) in [5, 5.41) is 16.5. The van der Waals surface area contributed by atoms with Gasteiger partial charge in [-0.05, 0) is 6.42 Å². The fraction of sp³-hybridized carbons (Fsp3) is 0.833. The molecule has 0 amide bonds. The third kappa shape index (κ3) is 5.46. The highest BCUT2D eigenvalue weighted by Crippen LogP contribution is 1.92. The molecule has 0 aliphatic rings. The summed E-state index contributed by atoms with van der Waals surface area (Å²) in [4.78, 5) is 10.5. The molecule has 0 aromatic rings. The van der Waals surface area contributed by atoms with Crippen LogP contribution in [0.3, 0.4) is 0 Å². The number of Topliss-reactive ketones (excluding diaryl/α,β-unsaturated/α-hetero) is 1. The van der Waals surface area contributed by atoms with Crippen molar-refractivity contribution in [3.05, 3.63) is 0 Å². The van der Waals surface area contributed by atoms with Crippen LogP contribution >= 0.6 is 0 Å². The van der Waals surface area contributed by atoms with Crippen LogP contribution in [0.1, 0.15) is 19.3 Å². The van der Waals surface area contributed by atoms with E-state index >= 15 is 0 Å². The zero-order chi connectivity index (χ0) is 7.11. The lowest BCUT2D eigenvalue weighted by Crippen LogP contribution is -2.01. The Balaban J connectivity index is 3.06. The van der Waals surface area contributed by atoms with Crippen molar-refractivity contribution in [2.45, 2.75) is 19.3 Å². The van der Waals surface area contributed by atoms with Crippen molar-refractivity contribution in [3.8, 4) is 0 Å². The molecule has 0 aliphatic heterocycles. The lowest BCUT2D eigenvalue weighted by molar-refractivity contribution is -0.119. The predicted molar refractivity (Wildman–Crippen MR) is 33.0 cm³/mol. The van der Waals surface area contributed by atoms with Gasteiger partial charge in [-0.3, -0.25) is 4.79 Å². The highest BCUT2D eigenvalue weighted by molar-refractivity contribution is 5.78. The Morgan fingerprint density at radius 2 is 1.78 bits per heavy atom. The number of hydrogen-bond acceptors (Lipinski definition) is 3. The predicted octanol–water partition coefficient (Wildman–Crippen LogP) is -0.290. The molecule has 3 nitrogen and oxygen atoms in total. The minimum absolute atomic E-state index is 0.0200. The quantitative estimate of drug-likeness (QED) is 0.540. The molecule has 0 saturated carbocycles. The zero-order valence-corrected chi connectivity index (χ0v) is 5.34. The molecule has 9 heavy (non-hydrogen) atoms. The average molecular weight is 132 g/mol. The van der Waals surface area contributed by atoms with Crippen molar-refractivity contribution in [2.75, 3.05) is 13.2 Å². The molecule has 0 unspecified atom stereocenters. The van der Waals surface area contributed by atoms with E-state index in [1.807, 2.05) is 0 Å². The molecule has 0 bridgehead atoms. The maximum absolute atomic E-state index is 10.5. The van der Waals surface area contributed by atoms with Gasteiger partial charge in [0.05, 0.1) is 0 Å². The Morgan fingerprint density at radius 3 is 2.22 bits per heavy atom. The molecule has 0 heterocycles. The third-order valence-corrected chi connectivity index (χ3v) is 1.00. The maximum atomic E-state index is 10.5. The Bertz CT molecular complexity index is 80.4. The number of aliphatic hydroxyl groups excluding tert-OH is 2. The van der Waals surface area contributed by atoms with Gasteiger partial charge in [-0.1, -0.05) is 0 Å². The second kappa shape index (κ2) is 5.72. The number of carbonyl (C=O) groups excluding carboxylic acids is 1. The van der Waals surface area contributed by atoms with Gasteiger partial charge in [0.15, 0.2) is 0 Å². The lowest BCUT2D eigenvalue weighted by Gasteiger charge is -1.93. The van der Waals surface area contributed by atoms with Crippen LogP contribution in [0.4, 0.5) is 0 Å². The molecule has 0 rings (SSSR count). The van der Waals surface area contributed by atoms with Gasteiger partial charge in [-0.2, -0.15) is 0 Å². The van der Waals surface area contributed by atoms with Crippen molar-refractivity contribution in [3.63, 3.8) is 0 Å². The summed E-state index contributed by atoms with van der Waals surface area (Å²) in [5.74, 6) is 0.0200. The second-order valence-corrected chi connectivity index (χ2v) is 1.84. The number of aliphatic hydroxyl groups is 2. The topological polar surface area (TPSA) is 57.5 Å². The fourth-order valence-corrected chi connectivity index (χ4v) is 0.526. The van der Waals surface area contributed by atoms with Gasteiger partial charge in [0.1, 0.15) is 5.78 Å². The van der Waals surface area contributed by atoms with Gasteiger partial charge in [-0.15, -0.1) is 0 Å². The molecule has 54 valence electrons. The summed E-state index contributed by atoms with van der Waals surface area (Å²) in [5.41, 5.74) is 0. The smallest absolute Gasteiger partial charge is 0.135 e. The molecular weight excluding hydrogens is 120 g/mol. The number of ketones is 1. The second-order valence-electron chi connectivity index (χ2n) is 1.84. The van der Waals surface area contributed by atoms with Crippen molar-refractivity contribution >= 4 is 5.78 Å². The third-order valence-electron chi connectivity index (χ3n) is 1.00. The van der Waals surface area contributed by atoms with Crippen molar-refractivity contribution in [1.82, 2.24) is 0 Å². The minimum Gasteiger partial charge on any atom is -0.396 e. The molecule has 0 aromatic carbocycles. The van der Waals surface area contributed by atoms with E-state index < -0.39 is 0 Å². The minimum atomic E-state index is -0.0791. The van der Waals surface area contributed by atoms with Crippen molar-refractivity contribution in [1.29, 1.82) is 0 Å². The first-order valence-corrected chi connectivity index (χ1v) is 3.04. The van der Waals surface area contributed by atoms with Crippen molar-refractivity contribution in [2.24, 2.45) is 0 Å². The van der Waals surface area contributed by atoms with Crippen LogP contribution in [0.2, 0.25) is 0 Å². The highest BCUT2D eigenvalue weighted by atomic mass is 16.3. The molecule has 3 heteroatoms. The Hall–Kier alpha value is -0.410.